The number of thiazole rings is 1. The number of anilines is 1. The van der Waals surface area contributed by atoms with Gasteiger partial charge in [-0.1, -0.05) is 20.8 Å². The number of nitrogens with zero attached hydrogens (tertiary/aromatic N) is 1. The van der Waals surface area contributed by atoms with E-state index in [0.29, 0.717) is 48.5 Å². The number of benzene rings is 2. The fourth-order valence-corrected chi connectivity index (χ4v) is 6.15. The van der Waals surface area contributed by atoms with Crippen LogP contribution in [0.15, 0.2) is 53.7 Å². The first-order valence-electron chi connectivity index (χ1n) is 16.0. The van der Waals surface area contributed by atoms with Crippen molar-refractivity contribution in [1.29, 1.82) is 5.41 Å². The van der Waals surface area contributed by atoms with E-state index in [1.807, 2.05) is 39.8 Å². The summed E-state index contributed by atoms with van der Waals surface area (Å²) < 4.78 is 33.7. The number of amidine groups is 1. The van der Waals surface area contributed by atoms with Gasteiger partial charge in [0, 0.05) is 53.9 Å². The van der Waals surface area contributed by atoms with Crippen molar-refractivity contribution in [2.45, 2.75) is 71.4 Å². The van der Waals surface area contributed by atoms with Crippen LogP contribution in [-0.4, -0.2) is 48.5 Å². The van der Waals surface area contributed by atoms with Gasteiger partial charge in [-0.2, -0.15) is 0 Å². The largest absolute Gasteiger partial charge is 0.487 e. The van der Waals surface area contributed by atoms with Crippen LogP contribution in [0.25, 0.3) is 0 Å². The summed E-state index contributed by atoms with van der Waals surface area (Å²) in [6, 6.07) is 7.65. The molecule has 0 aliphatic carbocycles. The van der Waals surface area contributed by atoms with Crippen LogP contribution in [0, 0.1) is 16.6 Å². The van der Waals surface area contributed by atoms with E-state index in [1.54, 1.807) is 11.6 Å². The predicted octanol–water partition coefficient (Wildman–Crippen LogP) is 6.01. The quantitative estimate of drug-likeness (QED) is 0.129. The molecule has 256 valence electrons. The van der Waals surface area contributed by atoms with Crippen LogP contribution in [-0.2, 0) is 21.5 Å². The molecule has 11 nitrogen and oxygen atoms in total. The SMILES string of the molecule is CC(C)(C)C(N)=CC(=N)NC(=O)c1ccc(Oc2cc3c(cc2OCC2CCCCO2)CCN[C@]3(C)CC(=O)Nc2nccs2)cc1F. The maximum atomic E-state index is 15.3. The summed E-state index contributed by atoms with van der Waals surface area (Å²) in [6.07, 6.45) is 6.75. The fraction of sp³-hybridized carbons (Fsp3) is 0.429. The molecule has 1 fully saturated rings. The summed E-state index contributed by atoms with van der Waals surface area (Å²) in [6.45, 7) is 9.28. The van der Waals surface area contributed by atoms with Gasteiger partial charge in [-0.25, -0.2) is 9.37 Å². The van der Waals surface area contributed by atoms with Gasteiger partial charge >= 0.3 is 0 Å². The maximum Gasteiger partial charge on any atom is 0.259 e. The lowest BCUT2D eigenvalue weighted by Gasteiger charge is -2.37. The van der Waals surface area contributed by atoms with Gasteiger partial charge < -0.3 is 35.9 Å². The number of nitrogens with two attached hydrogens (primary N) is 1. The van der Waals surface area contributed by atoms with Crippen LogP contribution in [0.3, 0.4) is 0 Å². The van der Waals surface area contributed by atoms with Gasteiger partial charge in [-0.05, 0) is 74.1 Å². The zero-order valence-electron chi connectivity index (χ0n) is 27.7. The van der Waals surface area contributed by atoms with Crippen molar-refractivity contribution in [2.24, 2.45) is 11.1 Å². The Hall–Kier alpha value is -4.33. The Morgan fingerprint density at radius 1 is 1.25 bits per heavy atom. The number of ether oxygens (including phenoxy) is 3. The number of fused-ring (bicyclic) bond motifs is 1. The lowest BCUT2D eigenvalue weighted by molar-refractivity contribution is -0.117. The average Bonchev–Trinajstić information content (AvgIpc) is 3.53. The molecule has 2 amide bonds. The van der Waals surface area contributed by atoms with E-state index in [4.69, 9.17) is 25.4 Å². The summed E-state index contributed by atoms with van der Waals surface area (Å²) in [5.74, 6) is -1.11. The molecule has 0 radical (unpaired) electrons. The van der Waals surface area contributed by atoms with Crippen molar-refractivity contribution in [1.82, 2.24) is 15.6 Å². The first kappa shape index (κ1) is 35.0. The van der Waals surface area contributed by atoms with Gasteiger partial charge in [-0.3, -0.25) is 15.0 Å². The second-order valence-corrected chi connectivity index (χ2v) is 14.2. The van der Waals surface area contributed by atoms with Crippen molar-refractivity contribution < 1.29 is 28.2 Å². The van der Waals surface area contributed by atoms with Crippen molar-refractivity contribution in [2.75, 3.05) is 25.1 Å². The maximum absolute atomic E-state index is 15.3. The van der Waals surface area contributed by atoms with Crippen LogP contribution in [0.4, 0.5) is 9.52 Å². The summed E-state index contributed by atoms with van der Waals surface area (Å²) in [5.41, 5.74) is 6.89. The lowest BCUT2D eigenvalue weighted by atomic mass is 9.81. The number of hydrogen-bond donors (Lipinski definition) is 5. The molecule has 1 saturated heterocycles. The smallest absolute Gasteiger partial charge is 0.259 e. The molecule has 1 unspecified atom stereocenters. The molecule has 48 heavy (non-hydrogen) atoms. The normalized spacial score (nSPS) is 19.6. The van der Waals surface area contributed by atoms with E-state index in [-0.39, 0.29) is 35.6 Å². The molecule has 2 aliphatic heterocycles. The number of aromatic nitrogens is 1. The zero-order chi connectivity index (χ0) is 34.5. The standard InChI is InChI=1S/C35H43FN6O5S/c1-34(2,3)29(37)18-30(38)41-32(44)24-9-8-22(16-26(24)36)47-28-17-25-21(15-27(28)46-20-23-7-5-6-13-45-23)10-11-40-35(25,4)19-31(43)42-33-39-12-14-48-33/h8-9,12,14-18,23,40H,5-7,10-11,13,19-20,37H2,1-4H3,(H2,38,41,44)(H,39,42,43)/t23?,35-/m1/s1. The molecule has 6 N–H and O–H groups in total. The third kappa shape index (κ3) is 8.77. The van der Waals surface area contributed by atoms with Crippen molar-refractivity contribution in [3.8, 4) is 17.2 Å². The van der Waals surface area contributed by atoms with Gasteiger partial charge in [-0.15, -0.1) is 11.3 Å². The average molecular weight is 679 g/mol. The molecule has 3 aromatic rings. The number of carbonyl (C=O) groups excluding carboxylic acids is 2. The van der Waals surface area contributed by atoms with Gasteiger partial charge in [0.2, 0.25) is 5.91 Å². The van der Waals surface area contributed by atoms with Gasteiger partial charge in [0.25, 0.3) is 5.91 Å². The van der Waals surface area contributed by atoms with Crippen LogP contribution < -0.4 is 31.2 Å². The van der Waals surface area contributed by atoms with E-state index in [9.17, 15) is 9.59 Å². The third-order valence-corrected chi connectivity index (χ3v) is 9.08. The van der Waals surface area contributed by atoms with E-state index >= 15 is 4.39 Å². The predicted molar refractivity (Wildman–Crippen MR) is 183 cm³/mol. The minimum Gasteiger partial charge on any atom is -0.487 e. The Kier molecular flexibility index (Phi) is 10.8. The number of halogens is 1. The number of nitrogens with one attached hydrogen (secondary N) is 4. The first-order valence-corrected chi connectivity index (χ1v) is 16.9. The molecule has 2 atom stereocenters. The van der Waals surface area contributed by atoms with E-state index in [0.717, 1.165) is 36.5 Å². The van der Waals surface area contributed by atoms with E-state index < -0.39 is 22.7 Å². The fourth-order valence-electron chi connectivity index (χ4n) is 5.60. The van der Waals surface area contributed by atoms with Crippen molar-refractivity contribution in [3.05, 3.63) is 76.2 Å². The highest BCUT2D eigenvalue weighted by Gasteiger charge is 2.36. The van der Waals surface area contributed by atoms with Gasteiger partial charge in [0.05, 0.1) is 11.7 Å². The highest BCUT2D eigenvalue weighted by atomic mass is 32.1. The van der Waals surface area contributed by atoms with Crippen molar-refractivity contribution >= 4 is 34.1 Å². The summed E-state index contributed by atoms with van der Waals surface area (Å²) >= 11 is 1.35. The van der Waals surface area contributed by atoms with Crippen LogP contribution in [0.1, 0.15) is 74.9 Å². The number of carbonyl (C=O) groups is 2. The second-order valence-electron chi connectivity index (χ2n) is 13.3. The number of amides is 2. The molecule has 1 aromatic heterocycles. The first-order chi connectivity index (χ1) is 22.8. The third-order valence-electron chi connectivity index (χ3n) is 8.39. The monoisotopic (exact) mass is 678 g/mol. The Labute approximate surface area is 284 Å². The Bertz CT molecular complexity index is 1680. The zero-order valence-corrected chi connectivity index (χ0v) is 28.5. The molecule has 0 saturated carbocycles. The minimum absolute atomic E-state index is 0.0494. The minimum atomic E-state index is -0.827. The molecular weight excluding hydrogens is 635 g/mol. The Balaban J connectivity index is 1.39. The molecule has 2 aliphatic rings. The number of hydrogen-bond acceptors (Lipinski definition) is 10. The van der Waals surface area contributed by atoms with Crippen LogP contribution >= 0.6 is 11.3 Å². The van der Waals surface area contributed by atoms with Crippen LogP contribution in [0.5, 0.6) is 17.2 Å². The summed E-state index contributed by atoms with van der Waals surface area (Å²) in [5, 5.41) is 19.1. The topological polar surface area (TPSA) is 161 Å². The van der Waals surface area contributed by atoms with E-state index in [2.05, 4.69) is 20.9 Å². The summed E-state index contributed by atoms with van der Waals surface area (Å²) in [4.78, 5) is 30.0. The molecular formula is C35H43FN6O5S. The molecule has 5 rings (SSSR count). The second kappa shape index (κ2) is 14.8. The lowest BCUT2D eigenvalue weighted by Crippen LogP contribution is -2.47. The Morgan fingerprint density at radius 3 is 2.75 bits per heavy atom. The summed E-state index contributed by atoms with van der Waals surface area (Å²) in [7, 11) is 0. The molecule has 2 aromatic carbocycles. The molecule has 13 heteroatoms. The van der Waals surface area contributed by atoms with Crippen molar-refractivity contribution in [3.63, 3.8) is 0 Å². The highest BCUT2D eigenvalue weighted by molar-refractivity contribution is 7.13. The van der Waals surface area contributed by atoms with Gasteiger partial charge in [0.1, 0.15) is 24.0 Å². The van der Waals surface area contributed by atoms with Crippen LogP contribution in [0.2, 0.25) is 0 Å². The molecule has 0 bridgehead atoms. The Morgan fingerprint density at radius 2 is 2.06 bits per heavy atom. The van der Waals surface area contributed by atoms with Gasteiger partial charge in [0.15, 0.2) is 16.6 Å². The van der Waals surface area contributed by atoms with E-state index in [1.165, 1.54) is 29.5 Å². The number of rotatable bonds is 10. The molecule has 3 heterocycles. The molecule has 0 spiro atoms. The number of allylic oxidation sites excluding steroid dienone is 1. The highest BCUT2D eigenvalue weighted by Crippen LogP contribution is 2.41.